The fourth-order valence-corrected chi connectivity index (χ4v) is 3.92. The summed E-state index contributed by atoms with van der Waals surface area (Å²) in [6.07, 6.45) is 0. The Kier molecular flexibility index (Phi) is 6.33. The van der Waals surface area contributed by atoms with E-state index < -0.39 is 23.5 Å². The lowest BCUT2D eigenvalue weighted by molar-refractivity contribution is 0.193. The quantitative estimate of drug-likeness (QED) is 0.798. The number of rotatable bonds is 3. The number of piperazine rings is 1. The SMILES string of the molecule is Cl.Fc1ccc(F)c([C@@H](c2ccc(Cl)s2)N2CCNCC2)c1F. The number of hydrogen-bond acceptors (Lipinski definition) is 3. The van der Waals surface area contributed by atoms with Gasteiger partial charge in [-0.25, -0.2) is 13.2 Å². The number of nitrogens with zero attached hydrogens (tertiary/aromatic N) is 1. The maximum absolute atomic E-state index is 14.3. The third-order valence-corrected chi connectivity index (χ3v) is 5.02. The molecule has 2 heterocycles. The van der Waals surface area contributed by atoms with Crippen LogP contribution in [-0.4, -0.2) is 31.1 Å². The Morgan fingerprint density at radius 1 is 1.04 bits per heavy atom. The molecule has 0 radical (unpaired) electrons. The monoisotopic (exact) mass is 382 g/mol. The third kappa shape index (κ3) is 3.83. The number of benzene rings is 1. The zero-order valence-corrected chi connectivity index (χ0v) is 14.4. The van der Waals surface area contributed by atoms with Crippen LogP contribution in [0, 0.1) is 17.5 Å². The molecule has 1 saturated heterocycles. The Morgan fingerprint density at radius 2 is 1.70 bits per heavy atom. The number of halogens is 5. The molecule has 1 fully saturated rings. The van der Waals surface area contributed by atoms with Crippen LogP contribution in [0.5, 0.6) is 0 Å². The maximum atomic E-state index is 14.3. The second-order valence-corrected chi connectivity index (χ2v) is 6.83. The van der Waals surface area contributed by atoms with E-state index >= 15 is 0 Å². The molecule has 0 aliphatic carbocycles. The van der Waals surface area contributed by atoms with Gasteiger partial charge in [-0.15, -0.1) is 23.7 Å². The standard InChI is InChI=1S/C15H14ClF3N2S.ClH/c16-12-4-3-11(22-12)15(21-7-5-20-6-8-21)13-9(17)1-2-10(18)14(13)19;/h1-4,15,20H,5-8H2;1H/t15-;/m1./s1. The van der Waals surface area contributed by atoms with Crippen molar-refractivity contribution in [3.8, 4) is 0 Å². The van der Waals surface area contributed by atoms with E-state index in [-0.39, 0.29) is 18.0 Å². The minimum atomic E-state index is -1.13. The molecule has 0 amide bonds. The molecular weight excluding hydrogens is 368 g/mol. The summed E-state index contributed by atoms with van der Waals surface area (Å²) in [5.74, 6) is -2.92. The van der Waals surface area contributed by atoms with Crippen molar-refractivity contribution < 1.29 is 13.2 Å². The van der Waals surface area contributed by atoms with E-state index in [1.807, 2.05) is 4.90 Å². The summed E-state index contributed by atoms with van der Waals surface area (Å²) in [4.78, 5) is 2.65. The molecule has 8 heteroatoms. The molecule has 1 aliphatic rings. The Labute approximate surface area is 147 Å². The largest absolute Gasteiger partial charge is 0.314 e. The van der Waals surface area contributed by atoms with Crippen molar-refractivity contribution in [1.29, 1.82) is 0 Å². The van der Waals surface area contributed by atoms with E-state index in [2.05, 4.69) is 5.32 Å². The van der Waals surface area contributed by atoms with Gasteiger partial charge in [0.1, 0.15) is 5.82 Å². The van der Waals surface area contributed by atoms with Gasteiger partial charge in [0.15, 0.2) is 11.6 Å². The van der Waals surface area contributed by atoms with Crippen molar-refractivity contribution in [1.82, 2.24) is 10.2 Å². The van der Waals surface area contributed by atoms with Crippen LogP contribution in [0.15, 0.2) is 24.3 Å². The van der Waals surface area contributed by atoms with E-state index in [0.717, 1.165) is 12.1 Å². The third-order valence-electron chi connectivity index (χ3n) is 3.73. The van der Waals surface area contributed by atoms with Crippen LogP contribution in [-0.2, 0) is 0 Å². The first-order chi connectivity index (χ1) is 10.6. The molecule has 0 saturated carbocycles. The lowest BCUT2D eigenvalue weighted by Crippen LogP contribution is -2.45. The fraction of sp³-hybridized carbons (Fsp3) is 0.333. The molecule has 2 aromatic rings. The van der Waals surface area contributed by atoms with Crippen molar-refractivity contribution in [2.45, 2.75) is 6.04 Å². The van der Waals surface area contributed by atoms with E-state index in [1.54, 1.807) is 12.1 Å². The van der Waals surface area contributed by atoms with Gasteiger partial charge in [0.05, 0.1) is 10.4 Å². The fourth-order valence-electron chi connectivity index (χ4n) is 2.71. The highest BCUT2D eigenvalue weighted by Crippen LogP contribution is 2.38. The highest BCUT2D eigenvalue weighted by Gasteiger charge is 2.31. The molecule has 1 aliphatic heterocycles. The normalized spacial score (nSPS) is 16.9. The van der Waals surface area contributed by atoms with E-state index in [1.165, 1.54) is 11.3 Å². The van der Waals surface area contributed by atoms with E-state index in [4.69, 9.17) is 11.6 Å². The number of thiophene rings is 1. The van der Waals surface area contributed by atoms with Crippen molar-refractivity contribution in [3.63, 3.8) is 0 Å². The van der Waals surface area contributed by atoms with Gasteiger partial charge in [-0.2, -0.15) is 0 Å². The van der Waals surface area contributed by atoms with Gasteiger partial charge in [-0.1, -0.05) is 11.6 Å². The zero-order valence-electron chi connectivity index (χ0n) is 12.0. The molecule has 0 spiro atoms. The topological polar surface area (TPSA) is 15.3 Å². The van der Waals surface area contributed by atoms with Gasteiger partial charge in [-0.3, -0.25) is 4.90 Å². The first kappa shape index (κ1) is 18.5. The Morgan fingerprint density at radius 3 is 2.30 bits per heavy atom. The molecule has 1 N–H and O–H groups in total. The molecule has 0 unspecified atom stereocenters. The van der Waals surface area contributed by atoms with Gasteiger partial charge in [0.2, 0.25) is 0 Å². The minimum absolute atomic E-state index is 0. The van der Waals surface area contributed by atoms with Crippen LogP contribution < -0.4 is 5.32 Å². The molecule has 126 valence electrons. The predicted molar refractivity (Wildman–Crippen MR) is 89.2 cm³/mol. The summed E-state index contributed by atoms with van der Waals surface area (Å²) in [5, 5.41) is 3.19. The Balaban J connectivity index is 0.00000192. The molecule has 1 aromatic carbocycles. The first-order valence-corrected chi connectivity index (χ1v) is 8.11. The van der Waals surface area contributed by atoms with Gasteiger partial charge >= 0.3 is 0 Å². The highest BCUT2D eigenvalue weighted by molar-refractivity contribution is 7.16. The summed E-state index contributed by atoms with van der Waals surface area (Å²) < 4.78 is 42.7. The van der Waals surface area contributed by atoms with Gasteiger partial charge in [-0.05, 0) is 24.3 Å². The van der Waals surface area contributed by atoms with Crippen molar-refractivity contribution in [2.24, 2.45) is 0 Å². The average Bonchev–Trinajstić information content (AvgIpc) is 2.94. The second-order valence-electron chi connectivity index (χ2n) is 5.09. The van der Waals surface area contributed by atoms with Crippen LogP contribution in [0.2, 0.25) is 4.34 Å². The van der Waals surface area contributed by atoms with Gasteiger partial charge in [0, 0.05) is 36.6 Å². The molecule has 2 nitrogen and oxygen atoms in total. The summed E-state index contributed by atoms with van der Waals surface area (Å²) in [5.41, 5.74) is -0.250. The van der Waals surface area contributed by atoms with Crippen molar-refractivity contribution in [2.75, 3.05) is 26.2 Å². The molecule has 1 atom stereocenters. The van der Waals surface area contributed by atoms with Gasteiger partial charge in [0.25, 0.3) is 0 Å². The summed E-state index contributed by atoms with van der Waals surface area (Å²) >= 11 is 7.22. The van der Waals surface area contributed by atoms with Crippen molar-refractivity contribution >= 4 is 35.3 Å². The second kappa shape index (κ2) is 7.85. The van der Waals surface area contributed by atoms with Crippen LogP contribution in [0.25, 0.3) is 0 Å². The van der Waals surface area contributed by atoms with Crippen LogP contribution in [0.3, 0.4) is 0 Å². The van der Waals surface area contributed by atoms with E-state index in [0.29, 0.717) is 35.4 Å². The predicted octanol–water partition coefficient (Wildman–Crippen LogP) is 4.24. The molecular formula is C15H15Cl2F3N2S. The smallest absolute Gasteiger partial charge is 0.166 e. The maximum Gasteiger partial charge on any atom is 0.166 e. The Bertz CT molecular complexity index is 675. The Hall–Kier alpha value is -0.790. The van der Waals surface area contributed by atoms with Gasteiger partial charge < -0.3 is 5.32 Å². The minimum Gasteiger partial charge on any atom is -0.314 e. The average molecular weight is 383 g/mol. The summed E-state index contributed by atoms with van der Waals surface area (Å²) in [6.45, 7) is 2.67. The number of nitrogens with one attached hydrogen (secondary N) is 1. The van der Waals surface area contributed by atoms with Crippen molar-refractivity contribution in [3.05, 3.63) is 56.5 Å². The highest BCUT2D eigenvalue weighted by atomic mass is 35.5. The number of hydrogen-bond donors (Lipinski definition) is 1. The first-order valence-electron chi connectivity index (χ1n) is 6.91. The summed E-state index contributed by atoms with van der Waals surface area (Å²) in [7, 11) is 0. The lowest BCUT2D eigenvalue weighted by atomic mass is 10.0. The molecule has 23 heavy (non-hydrogen) atoms. The zero-order chi connectivity index (χ0) is 15.7. The van der Waals surface area contributed by atoms with E-state index in [9.17, 15) is 13.2 Å². The summed E-state index contributed by atoms with van der Waals surface area (Å²) in [6, 6.07) is 4.54. The van der Waals surface area contributed by atoms with Crippen LogP contribution in [0.1, 0.15) is 16.5 Å². The lowest BCUT2D eigenvalue weighted by Gasteiger charge is -2.35. The molecule has 1 aromatic heterocycles. The molecule has 0 bridgehead atoms. The molecule has 3 rings (SSSR count). The van der Waals surface area contributed by atoms with Crippen LogP contribution in [0.4, 0.5) is 13.2 Å². The van der Waals surface area contributed by atoms with Crippen LogP contribution >= 0.6 is 35.3 Å².